The molecule has 4 heteroatoms. The van der Waals surface area contributed by atoms with Gasteiger partial charge >= 0.3 is 0 Å². The fourth-order valence-corrected chi connectivity index (χ4v) is 3.05. The molecule has 0 aliphatic heterocycles. The lowest BCUT2D eigenvalue weighted by atomic mass is 10.1. The van der Waals surface area contributed by atoms with Crippen molar-refractivity contribution in [2.24, 2.45) is 5.73 Å². The lowest BCUT2D eigenvalue weighted by Gasteiger charge is -2.27. The highest BCUT2D eigenvalue weighted by atomic mass is 32.2. The minimum atomic E-state index is 0.182. The fourth-order valence-electron chi connectivity index (χ4n) is 2.41. The second kappa shape index (κ2) is 6.33. The van der Waals surface area contributed by atoms with Crippen molar-refractivity contribution in [3.05, 3.63) is 23.8 Å². The summed E-state index contributed by atoms with van der Waals surface area (Å²) < 4.78 is 0. The highest BCUT2D eigenvalue weighted by Gasteiger charge is 2.30. The minimum absolute atomic E-state index is 0.182. The van der Waals surface area contributed by atoms with Gasteiger partial charge in [0.05, 0.1) is 5.56 Å². The number of rotatable bonds is 7. The van der Waals surface area contributed by atoms with E-state index in [-0.39, 0.29) is 5.84 Å². The van der Waals surface area contributed by atoms with Crippen molar-refractivity contribution in [3.8, 4) is 0 Å². The molecule has 0 bridgehead atoms. The molecule has 0 aromatic heterocycles. The Kier molecular flexibility index (Phi) is 4.75. The lowest BCUT2D eigenvalue weighted by molar-refractivity contribution is 0.712. The van der Waals surface area contributed by atoms with Gasteiger partial charge in [0.2, 0.25) is 0 Å². The van der Waals surface area contributed by atoms with E-state index >= 15 is 0 Å². The largest absolute Gasteiger partial charge is 0.384 e. The summed E-state index contributed by atoms with van der Waals surface area (Å²) >= 11 is 1.66. The third-order valence-electron chi connectivity index (χ3n) is 3.54. The van der Waals surface area contributed by atoms with E-state index in [2.05, 4.69) is 30.0 Å². The molecule has 3 nitrogen and oxygen atoms in total. The monoisotopic (exact) mass is 277 g/mol. The molecule has 0 radical (unpaired) electrons. The molecule has 1 aromatic rings. The van der Waals surface area contributed by atoms with Crippen LogP contribution in [0.3, 0.4) is 0 Å². The topological polar surface area (TPSA) is 53.1 Å². The van der Waals surface area contributed by atoms with Gasteiger partial charge < -0.3 is 10.6 Å². The third-order valence-corrected chi connectivity index (χ3v) is 4.32. The van der Waals surface area contributed by atoms with E-state index in [1.165, 1.54) is 25.7 Å². The molecule has 1 aromatic carbocycles. The Hall–Kier alpha value is -1.16. The van der Waals surface area contributed by atoms with Gasteiger partial charge in [-0.05, 0) is 37.7 Å². The summed E-state index contributed by atoms with van der Waals surface area (Å²) in [6.07, 6.45) is 6.96. The quantitative estimate of drug-likeness (QED) is 0.456. The van der Waals surface area contributed by atoms with Gasteiger partial charge in [0, 0.05) is 23.2 Å². The molecule has 0 unspecified atom stereocenters. The Morgan fingerprint density at radius 1 is 1.47 bits per heavy atom. The second-order valence-electron chi connectivity index (χ2n) is 5.05. The maximum Gasteiger partial charge on any atom is 0.126 e. The van der Waals surface area contributed by atoms with Crippen LogP contribution < -0.4 is 10.6 Å². The number of nitrogens with two attached hydrogens (primary N) is 1. The summed E-state index contributed by atoms with van der Waals surface area (Å²) in [7, 11) is 0. The number of unbranched alkanes of at least 4 members (excludes halogenated alkanes) is 1. The first-order valence-corrected chi connectivity index (χ1v) is 8.19. The molecule has 0 saturated heterocycles. The van der Waals surface area contributed by atoms with Crippen molar-refractivity contribution in [1.82, 2.24) is 0 Å². The highest BCUT2D eigenvalue weighted by molar-refractivity contribution is 7.98. The van der Waals surface area contributed by atoms with Gasteiger partial charge in [0.1, 0.15) is 5.84 Å². The average molecular weight is 277 g/mol. The molecular weight excluding hydrogens is 254 g/mol. The standard InChI is InChI=1S/C15H23N3S/c1-3-4-10-18(11-8-9-11)12-6-5-7-13(19-2)14(12)15(16)17/h5-7,11H,3-4,8-10H2,1-2H3,(H3,16,17). The van der Waals surface area contributed by atoms with Crippen LogP contribution in [0.1, 0.15) is 38.2 Å². The number of hydrogen-bond donors (Lipinski definition) is 2. The zero-order valence-corrected chi connectivity index (χ0v) is 12.6. The van der Waals surface area contributed by atoms with E-state index in [9.17, 15) is 0 Å². The number of benzene rings is 1. The second-order valence-corrected chi connectivity index (χ2v) is 5.89. The van der Waals surface area contributed by atoms with Gasteiger partial charge in [-0.1, -0.05) is 19.4 Å². The van der Waals surface area contributed by atoms with Crippen LogP contribution in [0.15, 0.2) is 23.1 Å². The molecule has 1 fully saturated rings. The van der Waals surface area contributed by atoms with Crippen LogP contribution in [-0.4, -0.2) is 24.7 Å². The normalized spacial score (nSPS) is 14.4. The Morgan fingerprint density at radius 2 is 2.21 bits per heavy atom. The number of nitrogen functional groups attached to an aromatic ring is 1. The number of nitrogens with zero attached hydrogens (tertiary/aromatic N) is 1. The molecule has 2 rings (SSSR count). The molecule has 0 amide bonds. The van der Waals surface area contributed by atoms with Gasteiger partial charge in [0.15, 0.2) is 0 Å². The van der Waals surface area contributed by atoms with Gasteiger partial charge in [-0.15, -0.1) is 11.8 Å². The molecule has 1 aliphatic carbocycles. The number of hydrogen-bond acceptors (Lipinski definition) is 3. The van der Waals surface area contributed by atoms with E-state index in [0.717, 1.165) is 22.7 Å². The first-order chi connectivity index (χ1) is 9.19. The van der Waals surface area contributed by atoms with E-state index in [4.69, 9.17) is 11.1 Å². The van der Waals surface area contributed by atoms with E-state index < -0.39 is 0 Å². The zero-order chi connectivity index (χ0) is 13.8. The van der Waals surface area contributed by atoms with Crippen LogP contribution in [0.5, 0.6) is 0 Å². The molecule has 3 N–H and O–H groups in total. The van der Waals surface area contributed by atoms with Crippen LogP contribution in [0.4, 0.5) is 5.69 Å². The van der Waals surface area contributed by atoms with E-state index in [1.807, 2.05) is 6.26 Å². The maximum atomic E-state index is 7.89. The molecule has 19 heavy (non-hydrogen) atoms. The predicted molar refractivity (Wildman–Crippen MR) is 84.5 cm³/mol. The van der Waals surface area contributed by atoms with E-state index in [0.29, 0.717) is 6.04 Å². The van der Waals surface area contributed by atoms with Crippen molar-refractivity contribution < 1.29 is 0 Å². The summed E-state index contributed by atoms with van der Waals surface area (Å²) in [5.74, 6) is 0.182. The molecule has 0 spiro atoms. The van der Waals surface area contributed by atoms with Gasteiger partial charge in [-0.3, -0.25) is 5.41 Å². The van der Waals surface area contributed by atoms with Crippen LogP contribution in [-0.2, 0) is 0 Å². The SMILES string of the molecule is CCCCN(c1cccc(SC)c1C(=N)N)C1CC1. The number of amidine groups is 1. The number of nitrogens with one attached hydrogen (secondary N) is 1. The van der Waals surface area contributed by atoms with Gasteiger partial charge in [-0.2, -0.15) is 0 Å². The van der Waals surface area contributed by atoms with Crippen molar-refractivity contribution in [1.29, 1.82) is 5.41 Å². The Morgan fingerprint density at radius 3 is 2.74 bits per heavy atom. The summed E-state index contributed by atoms with van der Waals surface area (Å²) in [5.41, 5.74) is 7.88. The van der Waals surface area contributed by atoms with Gasteiger partial charge in [0.25, 0.3) is 0 Å². The highest BCUT2D eigenvalue weighted by Crippen LogP contribution is 2.36. The first kappa shape index (κ1) is 14.3. The smallest absolute Gasteiger partial charge is 0.126 e. The fraction of sp³-hybridized carbons (Fsp3) is 0.533. The van der Waals surface area contributed by atoms with Crippen molar-refractivity contribution >= 4 is 23.3 Å². The van der Waals surface area contributed by atoms with Crippen molar-refractivity contribution in [2.75, 3.05) is 17.7 Å². The number of anilines is 1. The molecular formula is C15H23N3S. The van der Waals surface area contributed by atoms with Crippen LogP contribution in [0.2, 0.25) is 0 Å². The third kappa shape index (κ3) is 3.24. The number of thioether (sulfide) groups is 1. The lowest BCUT2D eigenvalue weighted by Crippen LogP contribution is -2.29. The first-order valence-electron chi connectivity index (χ1n) is 6.97. The Balaban J connectivity index is 2.37. The van der Waals surface area contributed by atoms with Crippen LogP contribution in [0, 0.1) is 5.41 Å². The zero-order valence-electron chi connectivity index (χ0n) is 11.8. The summed E-state index contributed by atoms with van der Waals surface area (Å²) in [6, 6.07) is 6.90. The van der Waals surface area contributed by atoms with Crippen molar-refractivity contribution in [2.45, 2.75) is 43.5 Å². The summed E-state index contributed by atoms with van der Waals surface area (Å²) in [4.78, 5) is 3.56. The predicted octanol–water partition coefficient (Wildman–Crippen LogP) is 3.46. The van der Waals surface area contributed by atoms with Crippen molar-refractivity contribution in [3.63, 3.8) is 0 Å². The van der Waals surface area contributed by atoms with Crippen LogP contribution in [0.25, 0.3) is 0 Å². The molecule has 0 atom stereocenters. The summed E-state index contributed by atoms with van der Waals surface area (Å²) in [5, 5.41) is 7.89. The maximum absolute atomic E-state index is 7.89. The Bertz CT molecular complexity index is 455. The molecule has 1 aliphatic rings. The molecule has 104 valence electrons. The van der Waals surface area contributed by atoms with Gasteiger partial charge in [-0.25, -0.2) is 0 Å². The molecule has 1 saturated carbocycles. The minimum Gasteiger partial charge on any atom is -0.384 e. The summed E-state index contributed by atoms with van der Waals surface area (Å²) in [6.45, 7) is 3.29. The molecule has 0 heterocycles. The van der Waals surface area contributed by atoms with Crippen LogP contribution >= 0.6 is 11.8 Å². The average Bonchev–Trinajstić information content (AvgIpc) is 3.23. The Labute approximate surface area is 120 Å². The van der Waals surface area contributed by atoms with E-state index in [1.54, 1.807) is 11.8 Å².